The first-order valence-electron chi connectivity index (χ1n) is 3.58. The lowest BCUT2D eigenvalue weighted by molar-refractivity contribution is 0.901. The van der Waals surface area contributed by atoms with Gasteiger partial charge in [0.1, 0.15) is 0 Å². The van der Waals surface area contributed by atoms with Crippen molar-refractivity contribution in [2.24, 2.45) is 5.73 Å². The van der Waals surface area contributed by atoms with E-state index in [2.05, 4.69) is 13.8 Å². The van der Waals surface area contributed by atoms with Crippen LogP contribution in [0.2, 0.25) is 11.6 Å². The highest BCUT2D eigenvalue weighted by Crippen LogP contribution is 2.33. The summed E-state index contributed by atoms with van der Waals surface area (Å²) in [5.41, 5.74) is 5.77. The summed E-state index contributed by atoms with van der Waals surface area (Å²) in [6.07, 6.45) is 0.956. The Kier molecular flexibility index (Phi) is 4.95. The zero-order valence-electron chi connectivity index (χ0n) is 6.53. The Labute approximate surface area is 73.3 Å². The van der Waals surface area contributed by atoms with Crippen molar-refractivity contribution in [2.45, 2.75) is 31.9 Å². The van der Waals surface area contributed by atoms with Gasteiger partial charge in [0, 0.05) is 0 Å². The van der Waals surface area contributed by atoms with Crippen LogP contribution < -0.4 is 5.73 Å². The van der Waals surface area contributed by atoms with E-state index in [0.717, 1.165) is 12.5 Å². The summed E-state index contributed by atoms with van der Waals surface area (Å²) < 4.78 is 0. The largest absolute Gasteiger partial charge is 0.330 e. The monoisotopic (exact) mass is 199 g/mol. The van der Waals surface area contributed by atoms with Gasteiger partial charge in [-0.3, -0.25) is 0 Å². The molecule has 0 heterocycles. The third-order valence-corrected chi connectivity index (χ3v) is 8.02. The minimum Gasteiger partial charge on any atom is -0.330 e. The molecule has 2 N–H and O–H groups in total. The average molecular weight is 200 g/mol. The van der Waals surface area contributed by atoms with Crippen LogP contribution in [-0.4, -0.2) is 13.2 Å². The van der Waals surface area contributed by atoms with Crippen LogP contribution in [0.1, 0.15) is 20.3 Å². The van der Waals surface area contributed by atoms with Crippen LogP contribution in [0, 0.1) is 0 Å². The molecule has 0 aliphatic heterocycles. The van der Waals surface area contributed by atoms with Crippen LogP contribution in [0.3, 0.4) is 0 Å². The standard InChI is InChI=1S/C6H15Cl2NSi/c1-6(2)10(7,8)5-3-4-9/h6H,3-5,9H2,1-2H3. The predicted molar refractivity (Wildman–Crippen MR) is 51.0 cm³/mol. The van der Waals surface area contributed by atoms with Gasteiger partial charge in [0.25, 0.3) is 6.69 Å². The van der Waals surface area contributed by atoms with Gasteiger partial charge in [0.05, 0.1) is 0 Å². The molecule has 62 valence electrons. The van der Waals surface area contributed by atoms with Crippen molar-refractivity contribution >= 4 is 28.9 Å². The molecule has 0 unspecified atom stereocenters. The van der Waals surface area contributed by atoms with Crippen LogP contribution in [0.15, 0.2) is 0 Å². The molecule has 0 aliphatic rings. The molecule has 0 rings (SSSR count). The lowest BCUT2D eigenvalue weighted by Gasteiger charge is -2.19. The highest BCUT2D eigenvalue weighted by Gasteiger charge is 2.31. The SMILES string of the molecule is CC(C)[Si](Cl)(Cl)CCCN. The van der Waals surface area contributed by atoms with Crippen molar-refractivity contribution < 1.29 is 0 Å². The zero-order valence-corrected chi connectivity index (χ0v) is 9.04. The average Bonchev–Trinajstić information content (AvgIpc) is 1.84. The molecule has 0 spiro atoms. The van der Waals surface area contributed by atoms with E-state index in [1.165, 1.54) is 0 Å². The van der Waals surface area contributed by atoms with Crippen molar-refractivity contribution in [3.8, 4) is 0 Å². The van der Waals surface area contributed by atoms with Crippen LogP contribution in [0.25, 0.3) is 0 Å². The Bertz CT molecular complexity index is 95.7. The number of hydrogen-bond acceptors (Lipinski definition) is 1. The molecular weight excluding hydrogens is 185 g/mol. The Balaban J connectivity index is 3.63. The molecule has 0 aromatic heterocycles. The second kappa shape index (κ2) is 4.60. The summed E-state index contributed by atoms with van der Waals surface area (Å²) in [6.45, 7) is 2.90. The Morgan fingerprint density at radius 2 is 1.90 bits per heavy atom. The van der Waals surface area contributed by atoms with E-state index in [9.17, 15) is 0 Å². The third-order valence-electron chi connectivity index (χ3n) is 1.56. The van der Waals surface area contributed by atoms with E-state index in [1.54, 1.807) is 0 Å². The van der Waals surface area contributed by atoms with Gasteiger partial charge in [-0.2, -0.15) is 0 Å². The van der Waals surface area contributed by atoms with Gasteiger partial charge >= 0.3 is 0 Å². The van der Waals surface area contributed by atoms with E-state index in [4.69, 9.17) is 27.9 Å². The molecule has 0 aliphatic carbocycles. The molecule has 1 nitrogen and oxygen atoms in total. The van der Waals surface area contributed by atoms with Gasteiger partial charge in [0.2, 0.25) is 0 Å². The molecule has 0 saturated carbocycles. The molecule has 0 fully saturated rings. The predicted octanol–water partition coefficient (Wildman–Crippen LogP) is 2.67. The second-order valence-corrected chi connectivity index (χ2v) is 10.6. The summed E-state index contributed by atoms with van der Waals surface area (Å²) in [5.74, 6) is 0. The topological polar surface area (TPSA) is 26.0 Å². The zero-order chi connectivity index (χ0) is 8.20. The fourth-order valence-electron chi connectivity index (χ4n) is 0.626. The van der Waals surface area contributed by atoms with Gasteiger partial charge < -0.3 is 5.73 Å². The highest BCUT2D eigenvalue weighted by molar-refractivity contribution is 7.45. The van der Waals surface area contributed by atoms with Crippen molar-refractivity contribution in [1.82, 2.24) is 0 Å². The van der Waals surface area contributed by atoms with Crippen LogP contribution in [0.5, 0.6) is 0 Å². The normalized spacial score (nSPS) is 12.6. The number of nitrogens with two attached hydrogens (primary N) is 1. The molecule has 0 saturated heterocycles. The fourth-order valence-corrected chi connectivity index (χ4v) is 2.68. The first-order chi connectivity index (χ1) is 4.50. The maximum atomic E-state index is 6.10. The summed E-state index contributed by atoms with van der Waals surface area (Å²) in [6, 6.07) is 0.921. The Hall–Kier alpha value is 0.757. The fraction of sp³-hybridized carbons (Fsp3) is 1.00. The van der Waals surface area contributed by atoms with Gasteiger partial charge in [-0.1, -0.05) is 13.8 Å². The van der Waals surface area contributed by atoms with E-state index in [0.29, 0.717) is 12.1 Å². The molecule has 4 heteroatoms. The molecule has 10 heavy (non-hydrogen) atoms. The maximum absolute atomic E-state index is 6.10. The third kappa shape index (κ3) is 3.81. The minimum absolute atomic E-state index is 0.433. The van der Waals surface area contributed by atoms with Crippen LogP contribution in [0.4, 0.5) is 0 Å². The summed E-state index contributed by atoms with van der Waals surface area (Å²) in [7, 11) is 0. The van der Waals surface area contributed by atoms with Gasteiger partial charge in [0.15, 0.2) is 0 Å². The summed E-state index contributed by atoms with van der Waals surface area (Å²) in [4.78, 5) is 0. The highest BCUT2D eigenvalue weighted by atomic mass is 35.7. The van der Waals surface area contributed by atoms with Crippen molar-refractivity contribution in [3.05, 3.63) is 0 Å². The van der Waals surface area contributed by atoms with Crippen molar-refractivity contribution in [2.75, 3.05) is 6.54 Å². The minimum atomic E-state index is -1.94. The maximum Gasteiger partial charge on any atom is 0.253 e. The van der Waals surface area contributed by atoms with Crippen molar-refractivity contribution in [1.29, 1.82) is 0 Å². The second-order valence-electron chi connectivity index (χ2n) is 2.81. The van der Waals surface area contributed by atoms with E-state index in [-0.39, 0.29) is 0 Å². The van der Waals surface area contributed by atoms with E-state index in [1.807, 2.05) is 0 Å². The first kappa shape index (κ1) is 10.8. The Morgan fingerprint density at radius 1 is 1.40 bits per heavy atom. The molecule has 0 amide bonds. The molecular formula is C6H15Cl2NSi. The first-order valence-corrected chi connectivity index (χ1v) is 7.89. The number of halogens is 2. The lowest BCUT2D eigenvalue weighted by Crippen LogP contribution is -2.24. The summed E-state index contributed by atoms with van der Waals surface area (Å²) >= 11 is 12.2. The molecule has 0 atom stereocenters. The summed E-state index contributed by atoms with van der Waals surface area (Å²) in [5, 5.41) is 0. The van der Waals surface area contributed by atoms with Gasteiger partial charge in [-0.25, -0.2) is 0 Å². The molecule has 0 bridgehead atoms. The number of hydrogen-bond donors (Lipinski definition) is 1. The molecule has 0 aromatic rings. The lowest BCUT2D eigenvalue weighted by atomic mass is 10.5. The smallest absolute Gasteiger partial charge is 0.253 e. The quantitative estimate of drug-likeness (QED) is 0.548. The van der Waals surface area contributed by atoms with E-state index < -0.39 is 6.69 Å². The van der Waals surface area contributed by atoms with Crippen LogP contribution in [-0.2, 0) is 0 Å². The molecule has 0 aromatic carbocycles. The van der Waals surface area contributed by atoms with E-state index >= 15 is 0 Å². The van der Waals surface area contributed by atoms with Crippen LogP contribution >= 0.6 is 22.2 Å². The Morgan fingerprint density at radius 3 is 2.20 bits per heavy atom. The van der Waals surface area contributed by atoms with Crippen molar-refractivity contribution in [3.63, 3.8) is 0 Å². The number of rotatable bonds is 4. The van der Waals surface area contributed by atoms with Gasteiger partial charge in [-0.05, 0) is 24.6 Å². The van der Waals surface area contributed by atoms with Gasteiger partial charge in [-0.15, -0.1) is 22.2 Å². The molecule has 0 radical (unpaired) electrons.